The number of hydrogen-bond donors (Lipinski definition) is 1. The Kier molecular flexibility index (Phi) is 9.58. The summed E-state index contributed by atoms with van der Waals surface area (Å²) >= 11 is 0. The molecule has 2 aromatic carbocycles. The van der Waals surface area contributed by atoms with Crippen LogP contribution in [0.2, 0.25) is 0 Å². The molecule has 200 valence electrons. The molecule has 1 heterocycles. The number of likely N-dealkylation sites (tertiary alicyclic amines) is 1. The summed E-state index contributed by atoms with van der Waals surface area (Å²) in [7, 11) is 5.34. The first-order valence-electron chi connectivity index (χ1n) is 12.7. The van der Waals surface area contributed by atoms with Crippen LogP contribution in [0.15, 0.2) is 42.0 Å². The molecule has 1 aliphatic rings. The first kappa shape index (κ1) is 28.1. The van der Waals surface area contributed by atoms with Crippen molar-refractivity contribution in [2.75, 3.05) is 47.5 Å². The molecule has 0 spiro atoms. The number of unbranched alkanes of at least 4 members (excludes halogenated alkanes) is 1. The van der Waals surface area contributed by atoms with E-state index in [9.17, 15) is 14.7 Å². The lowest BCUT2D eigenvalue weighted by Crippen LogP contribution is -2.35. The summed E-state index contributed by atoms with van der Waals surface area (Å²) < 4.78 is 17.0. The Balaban J connectivity index is 2.10. The van der Waals surface area contributed by atoms with Crippen LogP contribution in [0.5, 0.6) is 17.2 Å². The molecule has 0 bridgehead atoms. The van der Waals surface area contributed by atoms with Gasteiger partial charge in [0.2, 0.25) is 0 Å². The standard InChI is InChI=1S/C29H38N2O6/c1-7-9-16-37-22-12-11-21(17-19(22)3)27(32)25-26(31(15-14-30(4)5)29(34)28(25)33)20-10-13-23(36-8-2)24(18-20)35-6/h10-13,17-18,26,32H,7-9,14-16H2,1-6H3/t26-/m0/s1. The maximum absolute atomic E-state index is 13.3. The van der Waals surface area contributed by atoms with Gasteiger partial charge in [0.15, 0.2) is 11.5 Å². The molecular weight excluding hydrogens is 472 g/mol. The number of ketones is 1. The van der Waals surface area contributed by atoms with Crippen LogP contribution in [0.25, 0.3) is 5.76 Å². The molecule has 0 aliphatic carbocycles. The Hall–Kier alpha value is -3.52. The van der Waals surface area contributed by atoms with Gasteiger partial charge in [-0.2, -0.15) is 0 Å². The van der Waals surface area contributed by atoms with Crippen LogP contribution in [0.4, 0.5) is 0 Å². The number of ether oxygens (including phenoxy) is 3. The predicted octanol–water partition coefficient (Wildman–Crippen LogP) is 4.56. The normalized spacial score (nSPS) is 16.9. The summed E-state index contributed by atoms with van der Waals surface area (Å²) in [5, 5.41) is 11.4. The lowest BCUT2D eigenvalue weighted by atomic mass is 9.94. The number of Topliss-reactive ketones (excluding diaryl/α,β-unsaturated/α-hetero) is 1. The third-order valence-corrected chi connectivity index (χ3v) is 6.34. The van der Waals surface area contributed by atoms with Gasteiger partial charge < -0.3 is 29.1 Å². The topological polar surface area (TPSA) is 88.5 Å². The van der Waals surface area contributed by atoms with Crippen molar-refractivity contribution < 1.29 is 28.9 Å². The predicted molar refractivity (Wildman–Crippen MR) is 143 cm³/mol. The van der Waals surface area contributed by atoms with Crippen molar-refractivity contribution in [1.29, 1.82) is 0 Å². The van der Waals surface area contributed by atoms with Crippen molar-refractivity contribution in [1.82, 2.24) is 9.80 Å². The molecule has 1 aliphatic heterocycles. The van der Waals surface area contributed by atoms with E-state index in [0.717, 1.165) is 24.2 Å². The minimum atomic E-state index is -0.773. The highest BCUT2D eigenvalue weighted by Gasteiger charge is 2.46. The van der Waals surface area contributed by atoms with Gasteiger partial charge in [-0.3, -0.25) is 9.59 Å². The Labute approximate surface area is 219 Å². The smallest absolute Gasteiger partial charge is 0.295 e. The first-order chi connectivity index (χ1) is 17.7. The van der Waals surface area contributed by atoms with Crippen LogP contribution in [0, 0.1) is 6.92 Å². The fourth-order valence-electron chi connectivity index (χ4n) is 4.33. The average molecular weight is 511 g/mol. The van der Waals surface area contributed by atoms with Crippen molar-refractivity contribution in [2.45, 2.75) is 39.7 Å². The van der Waals surface area contributed by atoms with Crippen LogP contribution in [0.1, 0.15) is 49.4 Å². The van der Waals surface area contributed by atoms with Gasteiger partial charge in [0, 0.05) is 18.7 Å². The number of methoxy groups -OCH3 is 1. The Morgan fingerprint density at radius 3 is 2.38 bits per heavy atom. The molecule has 0 saturated carbocycles. The summed E-state index contributed by atoms with van der Waals surface area (Å²) in [6, 6.07) is 9.83. The Bertz CT molecular complexity index is 1160. The van der Waals surface area contributed by atoms with Gasteiger partial charge in [-0.05, 0) is 75.8 Å². The summed E-state index contributed by atoms with van der Waals surface area (Å²) in [5.74, 6) is 0.207. The van der Waals surface area contributed by atoms with E-state index in [0.29, 0.717) is 48.9 Å². The van der Waals surface area contributed by atoms with Crippen molar-refractivity contribution in [3.8, 4) is 17.2 Å². The van der Waals surface area contributed by atoms with E-state index in [-0.39, 0.29) is 11.3 Å². The third kappa shape index (κ3) is 6.25. The van der Waals surface area contributed by atoms with Crippen LogP contribution < -0.4 is 14.2 Å². The number of carbonyl (C=O) groups excluding carboxylic acids is 2. The lowest BCUT2D eigenvalue weighted by Gasteiger charge is -2.27. The maximum Gasteiger partial charge on any atom is 0.295 e. The molecule has 2 aromatic rings. The fraction of sp³-hybridized carbons (Fsp3) is 0.448. The van der Waals surface area contributed by atoms with Gasteiger partial charge in [-0.1, -0.05) is 19.4 Å². The Morgan fingerprint density at radius 2 is 1.76 bits per heavy atom. The molecule has 1 amide bonds. The molecule has 1 saturated heterocycles. The molecule has 37 heavy (non-hydrogen) atoms. The van der Waals surface area contributed by atoms with Gasteiger partial charge in [0.1, 0.15) is 11.5 Å². The molecule has 0 radical (unpaired) electrons. The lowest BCUT2D eigenvalue weighted by molar-refractivity contribution is -0.140. The third-order valence-electron chi connectivity index (χ3n) is 6.34. The van der Waals surface area contributed by atoms with E-state index >= 15 is 0 Å². The summed E-state index contributed by atoms with van der Waals surface area (Å²) in [5.41, 5.74) is 1.99. The summed E-state index contributed by atoms with van der Waals surface area (Å²) in [4.78, 5) is 29.9. The molecule has 1 fully saturated rings. The van der Waals surface area contributed by atoms with Crippen LogP contribution in [-0.2, 0) is 9.59 Å². The molecule has 1 N–H and O–H groups in total. The number of hydrogen-bond acceptors (Lipinski definition) is 7. The monoisotopic (exact) mass is 510 g/mol. The second-order valence-electron chi connectivity index (χ2n) is 9.32. The van der Waals surface area contributed by atoms with Crippen LogP contribution in [-0.4, -0.2) is 74.1 Å². The number of amides is 1. The number of rotatable bonds is 12. The quantitative estimate of drug-likeness (QED) is 0.194. The zero-order valence-corrected chi connectivity index (χ0v) is 22.7. The van der Waals surface area contributed by atoms with E-state index in [1.54, 1.807) is 36.4 Å². The number of carbonyl (C=O) groups is 2. The number of likely N-dealkylation sites (N-methyl/N-ethyl adjacent to an activating group) is 1. The fourth-order valence-corrected chi connectivity index (χ4v) is 4.33. The molecule has 0 unspecified atom stereocenters. The van der Waals surface area contributed by atoms with Gasteiger partial charge in [-0.15, -0.1) is 0 Å². The molecular formula is C29H38N2O6. The van der Waals surface area contributed by atoms with E-state index in [1.807, 2.05) is 32.8 Å². The largest absolute Gasteiger partial charge is 0.507 e. The van der Waals surface area contributed by atoms with E-state index in [4.69, 9.17) is 14.2 Å². The van der Waals surface area contributed by atoms with Crippen molar-refractivity contribution >= 4 is 17.4 Å². The number of aryl methyl sites for hydroxylation is 1. The van der Waals surface area contributed by atoms with Gasteiger partial charge in [-0.25, -0.2) is 0 Å². The summed E-state index contributed by atoms with van der Waals surface area (Å²) in [6.45, 7) is 7.82. The van der Waals surface area contributed by atoms with E-state index in [1.165, 1.54) is 12.0 Å². The highest BCUT2D eigenvalue weighted by Crippen LogP contribution is 2.42. The zero-order chi connectivity index (χ0) is 27.1. The number of benzene rings is 2. The molecule has 8 heteroatoms. The highest BCUT2D eigenvalue weighted by molar-refractivity contribution is 6.46. The number of nitrogens with zero attached hydrogens (tertiary/aromatic N) is 2. The van der Waals surface area contributed by atoms with Crippen LogP contribution in [0.3, 0.4) is 0 Å². The molecule has 0 aromatic heterocycles. The van der Waals surface area contributed by atoms with Gasteiger partial charge in [0.05, 0.1) is 31.9 Å². The minimum absolute atomic E-state index is 0.0500. The maximum atomic E-state index is 13.3. The first-order valence-corrected chi connectivity index (χ1v) is 12.7. The van der Waals surface area contributed by atoms with Gasteiger partial charge in [0.25, 0.3) is 11.7 Å². The Morgan fingerprint density at radius 1 is 1.03 bits per heavy atom. The van der Waals surface area contributed by atoms with Crippen molar-refractivity contribution in [2.24, 2.45) is 0 Å². The van der Waals surface area contributed by atoms with Crippen molar-refractivity contribution in [3.05, 3.63) is 58.7 Å². The second-order valence-corrected chi connectivity index (χ2v) is 9.32. The van der Waals surface area contributed by atoms with E-state index in [2.05, 4.69) is 6.92 Å². The van der Waals surface area contributed by atoms with Crippen LogP contribution >= 0.6 is 0 Å². The summed E-state index contributed by atoms with van der Waals surface area (Å²) in [6.07, 6.45) is 1.98. The molecule has 8 nitrogen and oxygen atoms in total. The number of aliphatic hydroxyl groups excluding tert-OH is 1. The van der Waals surface area contributed by atoms with Gasteiger partial charge >= 0.3 is 0 Å². The minimum Gasteiger partial charge on any atom is -0.507 e. The highest BCUT2D eigenvalue weighted by atomic mass is 16.5. The van der Waals surface area contributed by atoms with E-state index < -0.39 is 17.7 Å². The van der Waals surface area contributed by atoms with Crippen molar-refractivity contribution in [3.63, 3.8) is 0 Å². The number of aliphatic hydroxyl groups is 1. The second kappa shape index (κ2) is 12.6. The molecule has 3 rings (SSSR count). The zero-order valence-electron chi connectivity index (χ0n) is 22.7. The average Bonchev–Trinajstić information content (AvgIpc) is 3.13. The molecule has 1 atom stereocenters. The SMILES string of the molecule is CCCCOc1ccc(C(O)=C2C(=O)C(=O)N(CCN(C)C)[C@H]2c2ccc(OCC)c(OC)c2)cc1C.